The van der Waals surface area contributed by atoms with Crippen LogP contribution in [0.4, 0.5) is 16.2 Å². The Labute approximate surface area is 278 Å². The molecule has 1 aliphatic rings. The Morgan fingerprint density at radius 1 is 0.872 bits per heavy atom. The van der Waals surface area contributed by atoms with Crippen molar-refractivity contribution in [2.45, 2.75) is 19.8 Å². The molecule has 0 aliphatic carbocycles. The molecule has 1 aliphatic heterocycles. The molecule has 2 aromatic heterocycles. The molecule has 0 bridgehead atoms. The first-order valence-corrected chi connectivity index (χ1v) is 17.9. The highest BCUT2D eigenvalue weighted by molar-refractivity contribution is 8.76. The van der Waals surface area contributed by atoms with Gasteiger partial charge in [-0.3, -0.25) is 9.59 Å². The van der Waals surface area contributed by atoms with Crippen LogP contribution in [-0.2, 0) is 4.74 Å². The molecule has 238 valence electrons. The monoisotopic (exact) mass is 664 g/mol. The number of para-hydroxylation sites is 1. The van der Waals surface area contributed by atoms with Crippen molar-refractivity contribution in [3.05, 3.63) is 102 Å². The van der Waals surface area contributed by atoms with Gasteiger partial charge in [-0.15, -0.1) is 0 Å². The minimum absolute atomic E-state index is 0.0591. The van der Waals surface area contributed by atoms with Crippen LogP contribution < -0.4 is 15.0 Å². The summed E-state index contributed by atoms with van der Waals surface area (Å²) in [5, 5.41) is 6.41. The molecule has 1 unspecified atom stereocenters. The van der Waals surface area contributed by atoms with Gasteiger partial charge in [-0.1, -0.05) is 77.9 Å². The third kappa shape index (κ3) is 6.16. The quantitative estimate of drug-likeness (QED) is 0.0613. The van der Waals surface area contributed by atoms with E-state index in [-0.39, 0.29) is 24.3 Å². The maximum absolute atomic E-state index is 14.0. The molecule has 0 fully saturated rings. The van der Waals surface area contributed by atoms with Gasteiger partial charge in [0.1, 0.15) is 23.7 Å². The molecule has 1 atom stereocenters. The standard InChI is InChI=1S/C36H32N4O5S2/c1-3-46-47-15-14-44-36(43)45-32-19-31-33(26-10-6-5-9-25(26)32)21(2)20-40(31)35(42)30-18-23-16-24(12-13-28(23)39-30)37-34(41)29-17-22-8-4-7-11-27(22)38-29/h4-13,16-19,21,38-39H,3,14-15,20H2,1-2H3,(H,37,41). The van der Waals surface area contributed by atoms with Gasteiger partial charge in [0.15, 0.2) is 0 Å². The summed E-state index contributed by atoms with van der Waals surface area (Å²) in [5.41, 5.74) is 4.88. The molecule has 0 radical (unpaired) electrons. The lowest BCUT2D eigenvalue weighted by molar-refractivity contribution is 0.0982. The molecular weight excluding hydrogens is 633 g/mol. The number of carbonyl (C=O) groups excluding carboxylic acids is 3. The Balaban J connectivity index is 1.13. The predicted molar refractivity (Wildman–Crippen MR) is 191 cm³/mol. The van der Waals surface area contributed by atoms with Crippen LogP contribution in [0.3, 0.4) is 0 Å². The summed E-state index contributed by atoms with van der Waals surface area (Å²) < 4.78 is 11.0. The summed E-state index contributed by atoms with van der Waals surface area (Å²) in [6, 6.07) is 26.3. The van der Waals surface area contributed by atoms with E-state index in [9.17, 15) is 14.4 Å². The fraction of sp³-hybridized carbons (Fsp3) is 0.194. The van der Waals surface area contributed by atoms with Crippen LogP contribution in [0, 0.1) is 0 Å². The van der Waals surface area contributed by atoms with Gasteiger partial charge in [-0.05, 0) is 47.3 Å². The van der Waals surface area contributed by atoms with E-state index in [4.69, 9.17) is 9.47 Å². The second kappa shape index (κ2) is 13.1. The van der Waals surface area contributed by atoms with Crippen LogP contribution in [0.1, 0.15) is 46.3 Å². The Morgan fingerprint density at radius 3 is 2.45 bits per heavy atom. The number of hydrogen-bond acceptors (Lipinski definition) is 7. The van der Waals surface area contributed by atoms with Crippen LogP contribution in [0.25, 0.3) is 32.6 Å². The fourth-order valence-corrected chi connectivity index (χ4v) is 7.61. The van der Waals surface area contributed by atoms with Crippen molar-refractivity contribution in [2.24, 2.45) is 0 Å². The zero-order valence-corrected chi connectivity index (χ0v) is 27.4. The average Bonchev–Trinajstić information content (AvgIpc) is 3.79. The Kier molecular flexibility index (Phi) is 8.57. The number of nitrogens with zero attached hydrogens (tertiary/aromatic N) is 1. The van der Waals surface area contributed by atoms with E-state index in [1.165, 1.54) is 0 Å². The number of amides is 2. The molecule has 9 nitrogen and oxygen atoms in total. The van der Waals surface area contributed by atoms with E-state index >= 15 is 0 Å². The van der Waals surface area contributed by atoms with Crippen molar-refractivity contribution in [2.75, 3.05) is 34.9 Å². The molecular formula is C36H32N4O5S2. The third-order valence-electron chi connectivity index (χ3n) is 8.18. The number of hydrogen-bond donors (Lipinski definition) is 3. The smallest absolute Gasteiger partial charge is 0.433 e. The Bertz CT molecular complexity index is 2120. The number of aromatic amines is 2. The van der Waals surface area contributed by atoms with E-state index in [2.05, 4.69) is 29.1 Å². The summed E-state index contributed by atoms with van der Waals surface area (Å²) >= 11 is 0. The first kappa shape index (κ1) is 30.8. The summed E-state index contributed by atoms with van der Waals surface area (Å²) in [5.74, 6) is 1.60. The first-order chi connectivity index (χ1) is 22.9. The van der Waals surface area contributed by atoms with Gasteiger partial charge in [0.25, 0.3) is 11.8 Å². The summed E-state index contributed by atoms with van der Waals surface area (Å²) in [7, 11) is 3.35. The van der Waals surface area contributed by atoms with Crippen LogP contribution in [-0.4, -0.2) is 52.6 Å². The number of carbonyl (C=O) groups is 3. The van der Waals surface area contributed by atoms with Crippen molar-refractivity contribution in [3.8, 4) is 5.75 Å². The zero-order valence-electron chi connectivity index (χ0n) is 25.8. The predicted octanol–water partition coefficient (Wildman–Crippen LogP) is 8.74. The lowest BCUT2D eigenvalue weighted by Gasteiger charge is -2.18. The van der Waals surface area contributed by atoms with Crippen molar-refractivity contribution in [1.82, 2.24) is 9.97 Å². The molecule has 7 rings (SSSR count). The van der Waals surface area contributed by atoms with Crippen LogP contribution in [0.15, 0.2) is 84.9 Å². The number of rotatable bonds is 9. The average molecular weight is 665 g/mol. The van der Waals surface area contributed by atoms with Crippen molar-refractivity contribution >= 4 is 83.5 Å². The highest BCUT2D eigenvalue weighted by Gasteiger charge is 2.34. The normalized spacial score (nSPS) is 14.1. The van der Waals surface area contributed by atoms with E-state index in [0.717, 1.165) is 43.9 Å². The number of fused-ring (bicyclic) bond motifs is 5. The maximum Gasteiger partial charge on any atom is 0.513 e. The largest absolute Gasteiger partial charge is 0.513 e. The zero-order chi connectivity index (χ0) is 32.5. The second-order valence-corrected chi connectivity index (χ2v) is 14.2. The Hall–Kier alpha value is -4.87. The topological polar surface area (TPSA) is 117 Å². The molecule has 11 heteroatoms. The lowest BCUT2D eigenvalue weighted by Crippen LogP contribution is -2.29. The molecule has 0 saturated heterocycles. The van der Waals surface area contributed by atoms with E-state index < -0.39 is 6.16 Å². The minimum atomic E-state index is -0.774. The van der Waals surface area contributed by atoms with Gasteiger partial charge in [0.05, 0.1) is 5.69 Å². The van der Waals surface area contributed by atoms with Crippen molar-refractivity contribution in [1.29, 1.82) is 0 Å². The number of H-pyrrole nitrogens is 2. The van der Waals surface area contributed by atoms with Crippen LogP contribution in [0.2, 0.25) is 0 Å². The lowest BCUT2D eigenvalue weighted by atomic mass is 9.95. The van der Waals surface area contributed by atoms with Crippen molar-refractivity contribution in [3.63, 3.8) is 0 Å². The van der Waals surface area contributed by atoms with Gasteiger partial charge in [-0.25, -0.2) is 4.79 Å². The number of ether oxygens (including phenoxy) is 2. The number of benzene rings is 4. The van der Waals surface area contributed by atoms with Gasteiger partial charge in [0.2, 0.25) is 0 Å². The fourth-order valence-electron chi connectivity index (χ4n) is 6.12. The number of aromatic nitrogens is 2. The summed E-state index contributed by atoms with van der Waals surface area (Å²) in [4.78, 5) is 47.8. The van der Waals surface area contributed by atoms with E-state index in [1.807, 2.05) is 66.7 Å². The second-order valence-electron chi connectivity index (χ2n) is 11.3. The van der Waals surface area contributed by atoms with Gasteiger partial charge in [-0.2, -0.15) is 0 Å². The molecule has 3 heterocycles. The molecule has 2 amide bonds. The maximum atomic E-state index is 14.0. The SMILES string of the molecule is CCSSCCOC(=O)Oc1cc2c(c3ccccc13)C(C)CN2C(=O)c1cc2cc(NC(=O)c3cc4ccccc4[nH]3)ccc2[nH]1. The van der Waals surface area contributed by atoms with Crippen molar-refractivity contribution < 1.29 is 23.9 Å². The molecule has 3 N–H and O–H groups in total. The third-order valence-corrected chi connectivity index (χ3v) is 10.6. The first-order valence-electron chi connectivity index (χ1n) is 15.4. The summed E-state index contributed by atoms with van der Waals surface area (Å²) in [6.45, 7) is 4.88. The molecule has 0 saturated carbocycles. The minimum Gasteiger partial charge on any atom is -0.433 e. The highest BCUT2D eigenvalue weighted by Crippen LogP contribution is 2.45. The van der Waals surface area contributed by atoms with Crippen LogP contribution in [0.5, 0.6) is 5.75 Å². The molecule has 47 heavy (non-hydrogen) atoms. The number of anilines is 2. The van der Waals surface area contributed by atoms with E-state index in [1.54, 1.807) is 44.7 Å². The van der Waals surface area contributed by atoms with Gasteiger partial charge < -0.3 is 29.7 Å². The van der Waals surface area contributed by atoms with E-state index in [0.29, 0.717) is 40.8 Å². The van der Waals surface area contributed by atoms with Gasteiger partial charge >= 0.3 is 6.16 Å². The van der Waals surface area contributed by atoms with Gasteiger partial charge in [0, 0.05) is 62.9 Å². The molecule has 0 spiro atoms. The number of nitrogens with one attached hydrogen (secondary N) is 3. The highest BCUT2D eigenvalue weighted by atomic mass is 33.1. The van der Waals surface area contributed by atoms with Crippen LogP contribution >= 0.6 is 21.6 Å². The summed E-state index contributed by atoms with van der Waals surface area (Å²) in [6.07, 6.45) is -0.774. The Morgan fingerprint density at radius 2 is 1.62 bits per heavy atom. The molecule has 4 aromatic carbocycles. The molecule has 6 aromatic rings.